The van der Waals surface area contributed by atoms with E-state index in [1.807, 2.05) is 38.1 Å². The minimum Gasteiger partial charge on any atom is -0.486 e. The zero-order chi connectivity index (χ0) is 17.0. The smallest absolute Gasteiger partial charge is 0.239 e. The maximum atomic E-state index is 12.5. The van der Waals surface area contributed by atoms with Gasteiger partial charge in [-0.3, -0.25) is 9.69 Å². The summed E-state index contributed by atoms with van der Waals surface area (Å²) in [7, 11) is 0. The number of carbonyl (C=O) groups is 1. The molecule has 1 N–H and O–H groups in total. The molecule has 6 heteroatoms. The molecule has 1 aromatic carbocycles. The number of carbonyl (C=O) groups excluding carboxylic acids is 1. The van der Waals surface area contributed by atoms with E-state index in [2.05, 4.69) is 10.2 Å². The standard InChI is InChI=1S/C18H26N2O4/c1-18(2,20-9-11-22-12-10-20)17(21)19-8-7-14-13-23-15-5-3-4-6-16(15)24-14/h3-6,14H,7-13H2,1-2H3,(H,19,21)/t14-/m0/s1. The first kappa shape index (κ1) is 17.0. The summed E-state index contributed by atoms with van der Waals surface area (Å²) in [6, 6.07) is 7.66. The van der Waals surface area contributed by atoms with Crippen LogP contribution in [0.3, 0.4) is 0 Å². The third-order valence-electron chi connectivity index (χ3n) is 4.68. The van der Waals surface area contributed by atoms with Gasteiger partial charge in [0.05, 0.1) is 18.8 Å². The summed E-state index contributed by atoms with van der Waals surface area (Å²) in [5, 5.41) is 3.03. The molecule has 0 radical (unpaired) electrons. The van der Waals surface area contributed by atoms with E-state index in [0.29, 0.717) is 26.4 Å². The second-order valence-electron chi connectivity index (χ2n) is 6.70. The number of hydrogen-bond acceptors (Lipinski definition) is 5. The maximum absolute atomic E-state index is 12.5. The summed E-state index contributed by atoms with van der Waals surface area (Å²) < 4.78 is 17.0. The van der Waals surface area contributed by atoms with Crippen molar-refractivity contribution in [2.24, 2.45) is 0 Å². The first-order valence-corrected chi connectivity index (χ1v) is 8.57. The summed E-state index contributed by atoms with van der Waals surface area (Å²) in [5.74, 6) is 1.60. The molecule has 0 aliphatic carbocycles. The minimum atomic E-state index is -0.527. The molecule has 1 atom stereocenters. The molecule has 132 valence electrons. The van der Waals surface area contributed by atoms with Gasteiger partial charge in [0.25, 0.3) is 0 Å². The molecule has 0 saturated carbocycles. The predicted molar refractivity (Wildman–Crippen MR) is 90.5 cm³/mol. The Morgan fingerprint density at radius 3 is 2.71 bits per heavy atom. The van der Waals surface area contributed by atoms with Gasteiger partial charge in [0.1, 0.15) is 12.7 Å². The summed E-state index contributed by atoms with van der Waals surface area (Å²) in [6.07, 6.45) is 0.686. The monoisotopic (exact) mass is 334 g/mol. The molecule has 1 fully saturated rings. The SMILES string of the molecule is CC(C)(C(=O)NCC[C@H]1COc2ccccc2O1)N1CCOCC1. The molecule has 1 amide bonds. The highest BCUT2D eigenvalue weighted by molar-refractivity contribution is 5.85. The van der Waals surface area contributed by atoms with Crippen molar-refractivity contribution in [3.8, 4) is 11.5 Å². The number of nitrogens with zero attached hydrogens (tertiary/aromatic N) is 1. The number of rotatable bonds is 5. The number of ether oxygens (including phenoxy) is 3. The van der Waals surface area contributed by atoms with Crippen LogP contribution in [-0.4, -0.2) is 61.9 Å². The van der Waals surface area contributed by atoms with Crippen molar-refractivity contribution in [3.63, 3.8) is 0 Å². The van der Waals surface area contributed by atoms with E-state index in [9.17, 15) is 4.79 Å². The molecular formula is C18H26N2O4. The minimum absolute atomic E-state index is 0.0355. The van der Waals surface area contributed by atoms with Crippen LogP contribution < -0.4 is 14.8 Å². The molecule has 0 aromatic heterocycles. The van der Waals surface area contributed by atoms with E-state index < -0.39 is 5.54 Å². The van der Waals surface area contributed by atoms with Gasteiger partial charge in [-0.05, 0) is 26.0 Å². The summed E-state index contributed by atoms with van der Waals surface area (Å²) in [6.45, 7) is 7.96. The van der Waals surface area contributed by atoms with Crippen LogP contribution in [-0.2, 0) is 9.53 Å². The van der Waals surface area contributed by atoms with E-state index in [1.165, 1.54) is 0 Å². The topological polar surface area (TPSA) is 60.0 Å². The normalized spacial score (nSPS) is 21.3. The van der Waals surface area contributed by atoms with Crippen molar-refractivity contribution in [1.29, 1.82) is 0 Å². The fourth-order valence-corrected chi connectivity index (χ4v) is 3.03. The van der Waals surface area contributed by atoms with Crippen molar-refractivity contribution in [2.45, 2.75) is 31.9 Å². The average Bonchev–Trinajstić information content (AvgIpc) is 2.62. The molecule has 0 spiro atoms. The molecule has 0 unspecified atom stereocenters. The Hall–Kier alpha value is -1.79. The predicted octanol–water partition coefficient (Wildman–Crippen LogP) is 1.44. The number of amides is 1. The van der Waals surface area contributed by atoms with Crippen LogP contribution in [0.15, 0.2) is 24.3 Å². The molecule has 1 saturated heterocycles. The Kier molecular flexibility index (Phi) is 5.26. The van der Waals surface area contributed by atoms with Gasteiger partial charge in [0.15, 0.2) is 11.5 Å². The van der Waals surface area contributed by atoms with Crippen molar-refractivity contribution in [1.82, 2.24) is 10.2 Å². The lowest BCUT2D eigenvalue weighted by Gasteiger charge is -2.39. The highest BCUT2D eigenvalue weighted by atomic mass is 16.6. The van der Waals surface area contributed by atoms with Crippen LogP contribution in [0.4, 0.5) is 0 Å². The second-order valence-corrected chi connectivity index (χ2v) is 6.70. The average molecular weight is 334 g/mol. The number of para-hydroxylation sites is 2. The Morgan fingerprint density at radius 1 is 1.25 bits per heavy atom. The Labute approximate surface area is 143 Å². The highest BCUT2D eigenvalue weighted by Crippen LogP contribution is 2.31. The number of fused-ring (bicyclic) bond motifs is 1. The van der Waals surface area contributed by atoms with Gasteiger partial charge in [-0.25, -0.2) is 0 Å². The highest BCUT2D eigenvalue weighted by Gasteiger charge is 2.35. The molecule has 6 nitrogen and oxygen atoms in total. The molecule has 24 heavy (non-hydrogen) atoms. The van der Waals surface area contributed by atoms with Crippen LogP contribution in [0.25, 0.3) is 0 Å². The molecular weight excluding hydrogens is 308 g/mol. The number of benzene rings is 1. The Bertz CT molecular complexity index is 570. The third kappa shape index (κ3) is 3.82. The van der Waals surface area contributed by atoms with E-state index in [0.717, 1.165) is 31.0 Å². The lowest BCUT2D eigenvalue weighted by Crippen LogP contribution is -2.58. The molecule has 2 aliphatic rings. The van der Waals surface area contributed by atoms with Gasteiger partial charge in [0.2, 0.25) is 5.91 Å². The van der Waals surface area contributed by atoms with Gasteiger partial charge < -0.3 is 19.5 Å². The lowest BCUT2D eigenvalue weighted by molar-refractivity contribution is -0.134. The van der Waals surface area contributed by atoms with Gasteiger partial charge in [-0.15, -0.1) is 0 Å². The zero-order valence-corrected chi connectivity index (χ0v) is 14.4. The van der Waals surface area contributed by atoms with E-state index >= 15 is 0 Å². The quantitative estimate of drug-likeness (QED) is 0.883. The number of hydrogen-bond donors (Lipinski definition) is 1. The van der Waals surface area contributed by atoms with Gasteiger partial charge in [-0.1, -0.05) is 12.1 Å². The van der Waals surface area contributed by atoms with Crippen molar-refractivity contribution in [3.05, 3.63) is 24.3 Å². The van der Waals surface area contributed by atoms with Crippen molar-refractivity contribution >= 4 is 5.91 Å². The third-order valence-corrected chi connectivity index (χ3v) is 4.68. The lowest BCUT2D eigenvalue weighted by atomic mass is 10.0. The molecule has 0 bridgehead atoms. The number of morpholine rings is 1. The van der Waals surface area contributed by atoms with Gasteiger partial charge >= 0.3 is 0 Å². The molecule has 2 heterocycles. The number of nitrogens with one attached hydrogen (secondary N) is 1. The maximum Gasteiger partial charge on any atom is 0.239 e. The summed E-state index contributed by atoms with van der Waals surface area (Å²) in [5.41, 5.74) is -0.527. The summed E-state index contributed by atoms with van der Waals surface area (Å²) in [4.78, 5) is 14.7. The molecule has 2 aliphatic heterocycles. The van der Waals surface area contributed by atoms with E-state index in [1.54, 1.807) is 0 Å². The Morgan fingerprint density at radius 2 is 1.96 bits per heavy atom. The van der Waals surface area contributed by atoms with Crippen LogP contribution in [0.2, 0.25) is 0 Å². The van der Waals surface area contributed by atoms with Crippen LogP contribution in [0, 0.1) is 0 Å². The largest absolute Gasteiger partial charge is 0.486 e. The van der Waals surface area contributed by atoms with Crippen molar-refractivity contribution in [2.75, 3.05) is 39.5 Å². The molecule has 1 aromatic rings. The zero-order valence-electron chi connectivity index (χ0n) is 14.4. The Balaban J connectivity index is 1.45. The van der Waals surface area contributed by atoms with Crippen LogP contribution >= 0.6 is 0 Å². The van der Waals surface area contributed by atoms with Crippen LogP contribution in [0.1, 0.15) is 20.3 Å². The fourth-order valence-electron chi connectivity index (χ4n) is 3.03. The second kappa shape index (κ2) is 7.40. The van der Waals surface area contributed by atoms with Gasteiger partial charge in [0, 0.05) is 26.1 Å². The van der Waals surface area contributed by atoms with Crippen molar-refractivity contribution < 1.29 is 19.0 Å². The first-order chi connectivity index (χ1) is 11.6. The van der Waals surface area contributed by atoms with E-state index in [-0.39, 0.29) is 12.0 Å². The first-order valence-electron chi connectivity index (χ1n) is 8.57. The summed E-state index contributed by atoms with van der Waals surface area (Å²) >= 11 is 0. The van der Waals surface area contributed by atoms with Crippen LogP contribution in [0.5, 0.6) is 11.5 Å². The fraction of sp³-hybridized carbons (Fsp3) is 0.611. The molecule has 3 rings (SSSR count). The van der Waals surface area contributed by atoms with Gasteiger partial charge in [-0.2, -0.15) is 0 Å². The van der Waals surface area contributed by atoms with E-state index in [4.69, 9.17) is 14.2 Å².